The van der Waals surface area contributed by atoms with E-state index in [-0.39, 0.29) is 12.5 Å². The Hall–Kier alpha value is -2.38. The van der Waals surface area contributed by atoms with E-state index in [2.05, 4.69) is 56.7 Å². The van der Waals surface area contributed by atoms with Crippen LogP contribution in [-0.2, 0) is 0 Å². The summed E-state index contributed by atoms with van der Waals surface area (Å²) in [7, 11) is 0. The van der Waals surface area contributed by atoms with Gasteiger partial charge < -0.3 is 19.9 Å². The van der Waals surface area contributed by atoms with Gasteiger partial charge in [-0.05, 0) is 57.7 Å². The molecule has 2 heterocycles. The third-order valence-corrected chi connectivity index (χ3v) is 7.49. The second-order valence-corrected chi connectivity index (χ2v) is 9.77. The van der Waals surface area contributed by atoms with Crippen molar-refractivity contribution >= 4 is 11.6 Å². The molecule has 0 spiro atoms. The number of piperazine rings is 1. The number of aliphatic hydroxyl groups is 1. The average molecular weight is 454 g/mol. The molecule has 4 rings (SSSR count). The summed E-state index contributed by atoms with van der Waals surface area (Å²) in [6, 6.07) is 6.94. The minimum absolute atomic E-state index is 0.189. The van der Waals surface area contributed by atoms with E-state index in [0.717, 1.165) is 50.5 Å². The number of benzene rings is 1. The molecule has 1 atom stereocenters. The van der Waals surface area contributed by atoms with Crippen LogP contribution in [-0.4, -0.2) is 70.8 Å². The molecule has 1 saturated carbocycles. The van der Waals surface area contributed by atoms with Crippen LogP contribution in [0.25, 0.3) is 0 Å². The highest BCUT2D eigenvalue weighted by Crippen LogP contribution is 2.32. The van der Waals surface area contributed by atoms with Gasteiger partial charge in [0.1, 0.15) is 11.5 Å². The van der Waals surface area contributed by atoms with E-state index in [9.17, 15) is 9.90 Å². The number of aryl methyl sites for hydroxylation is 2. The Morgan fingerprint density at radius 1 is 1.12 bits per heavy atom. The number of rotatable bonds is 7. The first-order valence-electron chi connectivity index (χ1n) is 12.4. The fourth-order valence-electron chi connectivity index (χ4n) is 5.48. The molecular weight excluding hydrogens is 414 g/mol. The number of carbonyl (C=O) groups excluding carboxylic acids is 1. The fourth-order valence-corrected chi connectivity index (χ4v) is 5.48. The summed E-state index contributed by atoms with van der Waals surface area (Å²) in [4.78, 5) is 22.0. The van der Waals surface area contributed by atoms with E-state index >= 15 is 0 Å². The van der Waals surface area contributed by atoms with Crippen LogP contribution in [0.1, 0.15) is 64.9 Å². The Morgan fingerprint density at radius 3 is 2.52 bits per heavy atom. The third-order valence-electron chi connectivity index (χ3n) is 7.49. The highest BCUT2D eigenvalue weighted by molar-refractivity contribution is 5.93. The second kappa shape index (κ2) is 10.3. The smallest absolute Gasteiger partial charge is 0.271 e. The number of hydrogen-bond acceptors (Lipinski definition) is 5. The van der Waals surface area contributed by atoms with Crippen LogP contribution in [0.4, 0.5) is 5.69 Å². The first-order chi connectivity index (χ1) is 15.8. The Bertz CT molecular complexity index is 971. The normalized spacial score (nSPS) is 18.6. The fraction of sp³-hybridized carbons (Fsp3) is 0.615. The maximum absolute atomic E-state index is 12.8. The molecule has 7 nitrogen and oxygen atoms in total. The molecule has 1 aromatic carbocycles. The molecule has 1 saturated heterocycles. The van der Waals surface area contributed by atoms with Crippen molar-refractivity contribution in [2.75, 3.05) is 44.2 Å². The summed E-state index contributed by atoms with van der Waals surface area (Å²) in [6.07, 6.45) is 4.21. The predicted octanol–water partition coefficient (Wildman–Crippen LogP) is 3.14. The van der Waals surface area contributed by atoms with Crippen molar-refractivity contribution in [3.8, 4) is 0 Å². The largest absolute Gasteiger partial charge is 0.390 e. The SMILES string of the molecule is Cc1cccc(N2CCN(CC(O)CNC(=O)c3nc(C)n(C4CCCC4)c3C)CC2)c1C. The number of anilines is 1. The molecule has 0 bridgehead atoms. The van der Waals surface area contributed by atoms with Crippen molar-refractivity contribution in [2.45, 2.75) is 65.5 Å². The molecule has 0 radical (unpaired) electrons. The highest BCUT2D eigenvalue weighted by Gasteiger charge is 2.26. The van der Waals surface area contributed by atoms with Crippen molar-refractivity contribution in [3.63, 3.8) is 0 Å². The molecule has 2 N–H and O–H groups in total. The van der Waals surface area contributed by atoms with Gasteiger partial charge in [-0.2, -0.15) is 0 Å². The molecule has 2 fully saturated rings. The minimum atomic E-state index is -0.598. The Labute approximate surface area is 197 Å². The number of imidazole rings is 1. The number of aromatic nitrogens is 2. The topological polar surface area (TPSA) is 73.6 Å². The van der Waals surface area contributed by atoms with Crippen LogP contribution in [0.5, 0.6) is 0 Å². The Kier molecular flexibility index (Phi) is 7.39. The Balaban J connectivity index is 1.25. The van der Waals surface area contributed by atoms with E-state index in [1.165, 1.54) is 29.7 Å². The molecule has 2 aliphatic rings. The molecule has 1 aromatic heterocycles. The van der Waals surface area contributed by atoms with Crippen LogP contribution >= 0.6 is 0 Å². The molecule has 180 valence electrons. The number of β-amino-alcohol motifs (C(OH)–C–C–N with tert-alkyl or cyclic N) is 1. The zero-order valence-electron chi connectivity index (χ0n) is 20.6. The van der Waals surface area contributed by atoms with Crippen LogP contribution in [0.2, 0.25) is 0 Å². The molecular formula is C26H39N5O2. The maximum atomic E-state index is 12.8. The first kappa shape index (κ1) is 23.8. The van der Waals surface area contributed by atoms with Gasteiger partial charge in [0.15, 0.2) is 0 Å². The molecule has 1 aliphatic carbocycles. The number of nitrogens with one attached hydrogen (secondary N) is 1. The predicted molar refractivity (Wildman–Crippen MR) is 132 cm³/mol. The molecule has 33 heavy (non-hydrogen) atoms. The third kappa shape index (κ3) is 5.25. The number of hydrogen-bond donors (Lipinski definition) is 2. The zero-order valence-corrected chi connectivity index (χ0v) is 20.6. The summed E-state index contributed by atoms with van der Waals surface area (Å²) in [6.45, 7) is 12.8. The molecule has 1 amide bonds. The quantitative estimate of drug-likeness (QED) is 0.674. The van der Waals surface area contributed by atoms with E-state index in [1.54, 1.807) is 0 Å². The molecule has 1 aliphatic heterocycles. The van der Waals surface area contributed by atoms with Crippen molar-refractivity contribution < 1.29 is 9.90 Å². The van der Waals surface area contributed by atoms with Gasteiger partial charge in [-0.25, -0.2) is 4.98 Å². The van der Waals surface area contributed by atoms with Gasteiger partial charge in [-0.15, -0.1) is 0 Å². The lowest BCUT2D eigenvalue weighted by Crippen LogP contribution is -2.50. The molecule has 2 aromatic rings. The van der Waals surface area contributed by atoms with Gasteiger partial charge in [0.2, 0.25) is 0 Å². The lowest BCUT2D eigenvalue weighted by atomic mass is 10.1. The molecule has 7 heteroatoms. The van der Waals surface area contributed by atoms with Crippen molar-refractivity contribution in [1.29, 1.82) is 0 Å². The van der Waals surface area contributed by atoms with Crippen molar-refractivity contribution in [3.05, 3.63) is 46.5 Å². The summed E-state index contributed by atoms with van der Waals surface area (Å²) in [5, 5.41) is 13.5. The standard InChI is InChI=1S/C26H39N5O2/c1-18-8-7-11-24(19(18)2)30-14-12-29(13-15-30)17-23(32)16-27-26(33)25-20(3)31(21(4)28-25)22-9-5-6-10-22/h7-8,11,22-23,32H,5-6,9-10,12-17H2,1-4H3,(H,27,33). The number of amides is 1. The summed E-state index contributed by atoms with van der Waals surface area (Å²) in [5.41, 5.74) is 5.40. The van der Waals surface area contributed by atoms with Gasteiger partial charge in [0, 0.05) is 56.7 Å². The van der Waals surface area contributed by atoms with Crippen LogP contribution in [0.3, 0.4) is 0 Å². The van der Waals surface area contributed by atoms with Gasteiger partial charge >= 0.3 is 0 Å². The summed E-state index contributed by atoms with van der Waals surface area (Å²) in [5.74, 6) is 0.720. The Morgan fingerprint density at radius 2 is 1.82 bits per heavy atom. The average Bonchev–Trinajstić information content (AvgIpc) is 3.42. The van der Waals surface area contributed by atoms with Crippen molar-refractivity contribution in [1.82, 2.24) is 19.8 Å². The van der Waals surface area contributed by atoms with E-state index in [0.29, 0.717) is 18.3 Å². The second-order valence-electron chi connectivity index (χ2n) is 9.77. The highest BCUT2D eigenvalue weighted by atomic mass is 16.3. The van der Waals surface area contributed by atoms with E-state index in [1.807, 2.05) is 13.8 Å². The van der Waals surface area contributed by atoms with Gasteiger partial charge in [0.25, 0.3) is 5.91 Å². The van der Waals surface area contributed by atoms with Crippen molar-refractivity contribution in [2.24, 2.45) is 0 Å². The number of carbonyl (C=O) groups is 1. The van der Waals surface area contributed by atoms with Crippen LogP contribution < -0.4 is 10.2 Å². The maximum Gasteiger partial charge on any atom is 0.271 e. The summed E-state index contributed by atoms with van der Waals surface area (Å²) >= 11 is 0. The number of aliphatic hydroxyl groups excluding tert-OH is 1. The van der Waals surface area contributed by atoms with E-state index < -0.39 is 6.10 Å². The lowest BCUT2D eigenvalue weighted by Gasteiger charge is -2.37. The van der Waals surface area contributed by atoms with E-state index in [4.69, 9.17) is 0 Å². The number of nitrogens with zero attached hydrogens (tertiary/aromatic N) is 4. The zero-order chi connectivity index (χ0) is 23.5. The first-order valence-corrected chi connectivity index (χ1v) is 12.4. The summed E-state index contributed by atoms with van der Waals surface area (Å²) < 4.78 is 2.23. The minimum Gasteiger partial charge on any atom is -0.390 e. The van der Waals surface area contributed by atoms with Crippen LogP contribution in [0, 0.1) is 27.7 Å². The van der Waals surface area contributed by atoms with Gasteiger partial charge in [0.05, 0.1) is 6.10 Å². The molecule has 1 unspecified atom stereocenters. The van der Waals surface area contributed by atoms with Crippen LogP contribution in [0.15, 0.2) is 18.2 Å². The lowest BCUT2D eigenvalue weighted by molar-refractivity contribution is 0.0847. The monoisotopic (exact) mass is 453 g/mol. The van der Waals surface area contributed by atoms with Gasteiger partial charge in [-0.1, -0.05) is 25.0 Å². The van der Waals surface area contributed by atoms with Gasteiger partial charge in [-0.3, -0.25) is 9.69 Å².